The van der Waals surface area contributed by atoms with Crippen LogP contribution >= 0.6 is 11.6 Å². The number of hydrogen-bond donors (Lipinski definition) is 2. The molecule has 1 aromatic heterocycles. The van der Waals surface area contributed by atoms with Crippen molar-refractivity contribution >= 4 is 29.1 Å². The third-order valence-corrected chi connectivity index (χ3v) is 4.62. The van der Waals surface area contributed by atoms with Crippen molar-refractivity contribution < 1.29 is 9.53 Å². The summed E-state index contributed by atoms with van der Waals surface area (Å²) in [7, 11) is 1.52. The Kier molecular flexibility index (Phi) is 6.11. The molecule has 3 rings (SSSR count). The monoisotopic (exact) mass is 396 g/mol. The maximum Gasteiger partial charge on any atom is 0.258 e. The van der Waals surface area contributed by atoms with E-state index in [2.05, 4.69) is 32.7 Å². The number of amides is 1. The second-order valence-corrected chi connectivity index (χ2v) is 6.80. The minimum Gasteiger partial charge on any atom is -0.495 e. The van der Waals surface area contributed by atoms with E-state index in [1.54, 1.807) is 12.1 Å². The van der Waals surface area contributed by atoms with Gasteiger partial charge in [0.25, 0.3) is 5.91 Å². The number of rotatable bonds is 6. The molecule has 0 atom stereocenters. The number of aryl methyl sites for hydroxylation is 2. The van der Waals surface area contributed by atoms with E-state index in [1.807, 2.05) is 26.0 Å². The van der Waals surface area contributed by atoms with E-state index in [1.165, 1.54) is 25.1 Å². The number of nitrogens with one attached hydrogen (secondary N) is 2. The maximum absolute atomic E-state index is 12.5. The molecule has 3 aromatic rings. The van der Waals surface area contributed by atoms with Crippen LogP contribution in [0.1, 0.15) is 27.0 Å². The molecule has 0 fully saturated rings. The van der Waals surface area contributed by atoms with E-state index in [0.717, 1.165) is 11.1 Å². The van der Waals surface area contributed by atoms with Crippen LogP contribution in [0.3, 0.4) is 0 Å². The zero-order valence-electron chi connectivity index (χ0n) is 15.9. The van der Waals surface area contributed by atoms with E-state index < -0.39 is 0 Å². The van der Waals surface area contributed by atoms with Crippen LogP contribution < -0.4 is 15.4 Å². The van der Waals surface area contributed by atoms with Crippen molar-refractivity contribution in [3.05, 3.63) is 76.1 Å². The first-order valence-electron chi connectivity index (χ1n) is 8.73. The molecule has 0 spiro atoms. The molecule has 0 bridgehead atoms. The number of aromatic nitrogens is 2. The molecule has 6 nitrogen and oxygen atoms in total. The van der Waals surface area contributed by atoms with Gasteiger partial charge in [0, 0.05) is 30.0 Å². The highest BCUT2D eigenvalue weighted by atomic mass is 35.5. The van der Waals surface area contributed by atoms with Gasteiger partial charge in [-0.25, -0.2) is 9.97 Å². The van der Waals surface area contributed by atoms with Gasteiger partial charge in [0.2, 0.25) is 5.95 Å². The van der Waals surface area contributed by atoms with Crippen molar-refractivity contribution in [1.29, 1.82) is 0 Å². The number of hydrogen-bond acceptors (Lipinski definition) is 5. The van der Waals surface area contributed by atoms with E-state index >= 15 is 0 Å². The minimum absolute atomic E-state index is 0.329. The quantitative estimate of drug-likeness (QED) is 0.635. The Hall–Kier alpha value is -3.12. The number of ether oxygens (including phenoxy) is 1. The lowest BCUT2D eigenvalue weighted by Gasteiger charge is -2.12. The number of methoxy groups -OCH3 is 1. The second-order valence-electron chi connectivity index (χ2n) is 6.39. The highest BCUT2D eigenvalue weighted by Crippen LogP contribution is 2.31. The Balaban J connectivity index is 1.65. The normalized spacial score (nSPS) is 10.4. The zero-order valence-corrected chi connectivity index (χ0v) is 16.7. The third kappa shape index (κ3) is 4.78. The molecule has 144 valence electrons. The number of benzene rings is 2. The minimum atomic E-state index is -0.329. The Bertz CT molecular complexity index is 973. The molecule has 1 amide bonds. The van der Waals surface area contributed by atoms with Gasteiger partial charge in [-0.15, -0.1) is 0 Å². The molecule has 0 aliphatic carbocycles. The molecule has 0 saturated carbocycles. The summed E-state index contributed by atoms with van der Waals surface area (Å²) in [4.78, 5) is 20.9. The Morgan fingerprint density at radius 2 is 1.79 bits per heavy atom. The van der Waals surface area contributed by atoms with Gasteiger partial charge < -0.3 is 15.4 Å². The summed E-state index contributed by atoms with van der Waals surface area (Å²) < 4.78 is 5.28. The fraction of sp³-hybridized carbons (Fsp3) is 0.190. The van der Waals surface area contributed by atoms with E-state index in [9.17, 15) is 4.79 Å². The summed E-state index contributed by atoms with van der Waals surface area (Å²) in [6.07, 6.45) is 2.96. The number of anilines is 2. The molecule has 0 radical (unpaired) electrons. The fourth-order valence-electron chi connectivity index (χ4n) is 2.55. The van der Waals surface area contributed by atoms with Crippen LogP contribution in [0, 0.1) is 13.8 Å². The van der Waals surface area contributed by atoms with Gasteiger partial charge in [0.05, 0.1) is 18.4 Å². The number of carbonyl (C=O) groups is 1. The summed E-state index contributed by atoms with van der Waals surface area (Å²) >= 11 is 6.10. The van der Waals surface area contributed by atoms with Crippen LogP contribution in [0.2, 0.25) is 5.02 Å². The fourth-order valence-corrected chi connectivity index (χ4v) is 2.70. The Morgan fingerprint density at radius 3 is 2.43 bits per heavy atom. The largest absolute Gasteiger partial charge is 0.495 e. The van der Waals surface area contributed by atoms with Crippen molar-refractivity contribution in [1.82, 2.24) is 9.97 Å². The lowest BCUT2D eigenvalue weighted by Crippen LogP contribution is -2.14. The first-order valence-corrected chi connectivity index (χ1v) is 9.11. The van der Waals surface area contributed by atoms with Gasteiger partial charge >= 0.3 is 0 Å². The average molecular weight is 397 g/mol. The lowest BCUT2D eigenvalue weighted by atomic mass is 10.1. The van der Waals surface area contributed by atoms with Gasteiger partial charge in [0.1, 0.15) is 5.75 Å². The Labute approximate surface area is 168 Å². The molecule has 0 unspecified atom stereocenters. The zero-order chi connectivity index (χ0) is 20.1. The molecular formula is C21H21ClN4O2. The van der Waals surface area contributed by atoms with Crippen LogP contribution in [0.25, 0.3) is 0 Å². The predicted octanol–water partition coefficient (Wildman–Crippen LogP) is 4.62. The predicted molar refractivity (Wildman–Crippen MR) is 111 cm³/mol. The number of halogens is 1. The maximum atomic E-state index is 12.5. The highest BCUT2D eigenvalue weighted by Gasteiger charge is 2.13. The molecule has 7 heteroatoms. The molecular weight excluding hydrogens is 376 g/mol. The van der Waals surface area contributed by atoms with Gasteiger partial charge in [-0.05, 0) is 31.0 Å². The number of carbonyl (C=O) groups excluding carboxylic acids is 1. The summed E-state index contributed by atoms with van der Waals surface area (Å²) in [6.45, 7) is 4.51. The summed E-state index contributed by atoms with van der Waals surface area (Å²) in [6, 6.07) is 11.6. The standard InChI is InChI=1S/C21H21ClN4O2/c1-13-4-6-15(7-5-13)10-23-21-24-11-16(12-25-21)20(27)26-18-8-14(2)17(22)9-19(18)28-3/h4-9,11-12H,10H2,1-3H3,(H,26,27)(H,23,24,25). The molecule has 0 aliphatic rings. The van der Waals surface area contributed by atoms with Crippen molar-refractivity contribution in [3.8, 4) is 5.75 Å². The van der Waals surface area contributed by atoms with Gasteiger partial charge in [-0.1, -0.05) is 41.4 Å². The molecule has 2 N–H and O–H groups in total. The van der Waals surface area contributed by atoms with Crippen molar-refractivity contribution in [2.75, 3.05) is 17.7 Å². The first-order chi connectivity index (χ1) is 13.5. The van der Waals surface area contributed by atoms with E-state index in [4.69, 9.17) is 16.3 Å². The molecule has 0 aliphatic heterocycles. The summed E-state index contributed by atoms with van der Waals surface area (Å²) in [5, 5.41) is 6.52. The van der Waals surface area contributed by atoms with Crippen molar-refractivity contribution in [2.24, 2.45) is 0 Å². The molecule has 28 heavy (non-hydrogen) atoms. The molecule has 0 saturated heterocycles. The van der Waals surface area contributed by atoms with Crippen LogP contribution in [0.4, 0.5) is 11.6 Å². The van der Waals surface area contributed by atoms with E-state index in [0.29, 0.717) is 34.5 Å². The van der Waals surface area contributed by atoms with Crippen LogP contribution in [0.5, 0.6) is 5.75 Å². The topological polar surface area (TPSA) is 76.1 Å². The van der Waals surface area contributed by atoms with Gasteiger partial charge in [-0.2, -0.15) is 0 Å². The Morgan fingerprint density at radius 1 is 1.11 bits per heavy atom. The van der Waals surface area contributed by atoms with Crippen LogP contribution in [0.15, 0.2) is 48.8 Å². The van der Waals surface area contributed by atoms with Crippen LogP contribution in [-0.4, -0.2) is 23.0 Å². The lowest BCUT2D eigenvalue weighted by molar-refractivity contribution is 0.102. The van der Waals surface area contributed by atoms with Crippen molar-refractivity contribution in [3.63, 3.8) is 0 Å². The molecule has 1 heterocycles. The highest BCUT2D eigenvalue weighted by molar-refractivity contribution is 6.31. The van der Waals surface area contributed by atoms with E-state index in [-0.39, 0.29) is 5.91 Å². The third-order valence-electron chi connectivity index (χ3n) is 4.21. The first kappa shape index (κ1) is 19.6. The second kappa shape index (κ2) is 8.71. The van der Waals surface area contributed by atoms with Crippen LogP contribution in [-0.2, 0) is 6.54 Å². The van der Waals surface area contributed by atoms with Gasteiger partial charge in [-0.3, -0.25) is 4.79 Å². The molecule has 2 aromatic carbocycles. The number of nitrogens with zero attached hydrogens (tertiary/aromatic N) is 2. The van der Waals surface area contributed by atoms with Crippen molar-refractivity contribution in [2.45, 2.75) is 20.4 Å². The SMILES string of the molecule is COc1cc(Cl)c(C)cc1NC(=O)c1cnc(NCc2ccc(C)cc2)nc1. The average Bonchev–Trinajstić information content (AvgIpc) is 2.70. The summed E-state index contributed by atoms with van der Waals surface area (Å²) in [5.41, 5.74) is 4.06. The van der Waals surface area contributed by atoms with Gasteiger partial charge in [0.15, 0.2) is 0 Å². The summed E-state index contributed by atoms with van der Waals surface area (Å²) in [5.74, 6) is 0.614. The smallest absolute Gasteiger partial charge is 0.258 e.